The molecule has 102 valence electrons. The number of aliphatic hydroxyl groups is 1. The zero-order chi connectivity index (χ0) is 13.3. The van der Waals surface area contributed by atoms with E-state index in [1.807, 2.05) is 0 Å². The maximum Gasteiger partial charge on any atom is 0.244 e. The maximum atomic E-state index is 12.5. The minimum atomic E-state index is -3.39. The standard InChI is InChI=1S/C12H19NO3S2/c1-9(2)12-4-3-5-13(12)18(15,16)11-6-10(7-14)17-8-11/h6,8-9,12,14H,3-5,7H2,1-2H3. The van der Waals surface area contributed by atoms with E-state index in [-0.39, 0.29) is 12.6 Å². The van der Waals surface area contributed by atoms with Gasteiger partial charge in [0.25, 0.3) is 0 Å². The quantitative estimate of drug-likeness (QED) is 0.923. The van der Waals surface area contributed by atoms with Crippen molar-refractivity contribution in [1.82, 2.24) is 4.31 Å². The lowest BCUT2D eigenvalue weighted by molar-refractivity contribution is 0.285. The molecule has 2 rings (SSSR count). The SMILES string of the molecule is CC(C)C1CCCN1S(=O)(=O)c1csc(CO)c1. The van der Waals surface area contributed by atoms with Gasteiger partial charge in [0.15, 0.2) is 0 Å². The average molecular weight is 289 g/mol. The van der Waals surface area contributed by atoms with E-state index in [1.54, 1.807) is 15.8 Å². The van der Waals surface area contributed by atoms with Gasteiger partial charge in [0, 0.05) is 22.8 Å². The first-order valence-electron chi connectivity index (χ1n) is 6.17. The fraction of sp³-hybridized carbons (Fsp3) is 0.667. The van der Waals surface area contributed by atoms with Gasteiger partial charge in [-0.25, -0.2) is 8.42 Å². The largest absolute Gasteiger partial charge is 0.391 e. The minimum Gasteiger partial charge on any atom is -0.391 e. The Bertz CT molecular complexity index is 507. The molecule has 0 bridgehead atoms. The Morgan fingerprint density at radius 3 is 2.83 bits per heavy atom. The molecule has 1 fully saturated rings. The van der Waals surface area contributed by atoms with Gasteiger partial charge in [-0.15, -0.1) is 11.3 Å². The Morgan fingerprint density at radius 2 is 2.28 bits per heavy atom. The fourth-order valence-corrected chi connectivity index (χ4v) is 5.39. The summed E-state index contributed by atoms with van der Waals surface area (Å²) < 4.78 is 26.7. The second-order valence-electron chi connectivity index (χ2n) is 4.98. The van der Waals surface area contributed by atoms with Gasteiger partial charge in [0.2, 0.25) is 10.0 Å². The monoisotopic (exact) mass is 289 g/mol. The van der Waals surface area contributed by atoms with E-state index < -0.39 is 10.0 Å². The Kier molecular flexibility index (Phi) is 4.11. The van der Waals surface area contributed by atoms with Crippen LogP contribution in [-0.2, 0) is 16.6 Å². The predicted octanol–water partition coefficient (Wildman–Crippen LogP) is 2.05. The van der Waals surface area contributed by atoms with Crippen molar-refractivity contribution in [2.75, 3.05) is 6.54 Å². The topological polar surface area (TPSA) is 57.6 Å². The van der Waals surface area contributed by atoms with Crippen LogP contribution >= 0.6 is 11.3 Å². The summed E-state index contributed by atoms with van der Waals surface area (Å²) in [4.78, 5) is 1.01. The molecular weight excluding hydrogens is 270 g/mol. The van der Waals surface area contributed by atoms with Crippen LogP contribution in [0.15, 0.2) is 16.3 Å². The summed E-state index contributed by atoms with van der Waals surface area (Å²) in [6.45, 7) is 4.62. The molecule has 18 heavy (non-hydrogen) atoms. The number of sulfonamides is 1. The summed E-state index contributed by atoms with van der Waals surface area (Å²) in [5, 5.41) is 10.6. The van der Waals surface area contributed by atoms with Crippen molar-refractivity contribution in [2.45, 2.75) is 44.2 Å². The van der Waals surface area contributed by atoms with Crippen molar-refractivity contribution in [1.29, 1.82) is 0 Å². The summed E-state index contributed by atoms with van der Waals surface area (Å²) in [5.41, 5.74) is 0. The zero-order valence-electron chi connectivity index (χ0n) is 10.7. The second-order valence-corrected chi connectivity index (χ2v) is 7.86. The van der Waals surface area contributed by atoms with Crippen LogP contribution in [0.4, 0.5) is 0 Å². The molecule has 0 saturated carbocycles. The molecule has 2 heterocycles. The molecule has 0 amide bonds. The fourth-order valence-electron chi connectivity index (χ4n) is 2.44. The van der Waals surface area contributed by atoms with Crippen LogP contribution in [-0.4, -0.2) is 30.4 Å². The molecule has 0 radical (unpaired) electrons. The molecule has 1 N–H and O–H groups in total. The van der Waals surface area contributed by atoms with Crippen molar-refractivity contribution >= 4 is 21.4 Å². The average Bonchev–Trinajstić information content (AvgIpc) is 2.98. The van der Waals surface area contributed by atoms with Gasteiger partial charge in [-0.1, -0.05) is 13.8 Å². The first kappa shape index (κ1) is 14.0. The van der Waals surface area contributed by atoms with E-state index in [0.29, 0.717) is 22.2 Å². The van der Waals surface area contributed by atoms with Crippen molar-refractivity contribution in [2.24, 2.45) is 5.92 Å². The molecule has 4 nitrogen and oxygen atoms in total. The highest BCUT2D eigenvalue weighted by Gasteiger charge is 2.37. The molecule has 1 aliphatic heterocycles. The number of aliphatic hydroxyl groups excluding tert-OH is 1. The summed E-state index contributed by atoms with van der Waals surface area (Å²) in [7, 11) is -3.39. The first-order valence-corrected chi connectivity index (χ1v) is 8.49. The van der Waals surface area contributed by atoms with Gasteiger partial charge in [-0.05, 0) is 24.8 Å². The molecule has 1 unspecified atom stereocenters. The molecule has 1 atom stereocenters. The van der Waals surface area contributed by atoms with Crippen LogP contribution in [0.25, 0.3) is 0 Å². The van der Waals surface area contributed by atoms with Gasteiger partial charge < -0.3 is 5.11 Å². The second kappa shape index (κ2) is 5.28. The van der Waals surface area contributed by atoms with Gasteiger partial charge >= 0.3 is 0 Å². The zero-order valence-corrected chi connectivity index (χ0v) is 12.3. The van der Waals surface area contributed by atoms with E-state index in [0.717, 1.165) is 12.8 Å². The lowest BCUT2D eigenvalue weighted by Gasteiger charge is -2.26. The number of hydrogen-bond acceptors (Lipinski definition) is 4. The van der Waals surface area contributed by atoms with Crippen molar-refractivity contribution in [3.05, 3.63) is 16.3 Å². The number of hydrogen-bond donors (Lipinski definition) is 1. The molecule has 0 aliphatic carbocycles. The van der Waals surface area contributed by atoms with E-state index in [4.69, 9.17) is 5.11 Å². The normalized spacial score (nSPS) is 21.9. The third-order valence-electron chi connectivity index (χ3n) is 3.41. The lowest BCUT2D eigenvalue weighted by atomic mass is 10.0. The highest BCUT2D eigenvalue weighted by Crippen LogP contribution is 2.31. The Morgan fingerprint density at radius 1 is 1.56 bits per heavy atom. The maximum absolute atomic E-state index is 12.5. The molecule has 1 aliphatic rings. The lowest BCUT2D eigenvalue weighted by Crippen LogP contribution is -2.38. The highest BCUT2D eigenvalue weighted by molar-refractivity contribution is 7.89. The highest BCUT2D eigenvalue weighted by atomic mass is 32.2. The van der Waals surface area contributed by atoms with Crippen LogP contribution in [0.2, 0.25) is 0 Å². The molecule has 1 saturated heterocycles. The summed E-state index contributed by atoms with van der Waals surface area (Å²) in [6, 6.07) is 1.68. The van der Waals surface area contributed by atoms with E-state index in [1.165, 1.54) is 11.3 Å². The Labute approximate surface area is 112 Å². The molecule has 0 spiro atoms. The Hall–Kier alpha value is -0.430. The third-order valence-corrected chi connectivity index (χ3v) is 6.38. The van der Waals surface area contributed by atoms with Gasteiger partial charge in [0.05, 0.1) is 11.5 Å². The van der Waals surface area contributed by atoms with Gasteiger partial charge in [-0.3, -0.25) is 0 Å². The first-order chi connectivity index (χ1) is 8.46. The number of nitrogens with zero attached hydrogens (tertiary/aromatic N) is 1. The van der Waals surface area contributed by atoms with Gasteiger partial charge in [-0.2, -0.15) is 4.31 Å². The molecule has 6 heteroatoms. The minimum absolute atomic E-state index is 0.103. The van der Waals surface area contributed by atoms with Crippen LogP contribution in [0.1, 0.15) is 31.6 Å². The molecule has 1 aromatic rings. The van der Waals surface area contributed by atoms with Crippen LogP contribution in [0.5, 0.6) is 0 Å². The molecule has 1 aromatic heterocycles. The summed E-state index contributed by atoms with van der Waals surface area (Å²) in [5.74, 6) is 0.332. The number of thiophene rings is 1. The van der Waals surface area contributed by atoms with Crippen LogP contribution in [0.3, 0.4) is 0 Å². The van der Waals surface area contributed by atoms with Crippen LogP contribution in [0, 0.1) is 5.92 Å². The van der Waals surface area contributed by atoms with E-state index >= 15 is 0 Å². The van der Waals surface area contributed by atoms with Crippen molar-refractivity contribution in [3.8, 4) is 0 Å². The van der Waals surface area contributed by atoms with Gasteiger partial charge in [0.1, 0.15) is 0 Å². The van der Waals surface area contributed by atoms with E-state index in [9.17, 15) is 8.42 Å². The summed E-state index contributed by atoms with van der Waals surface area (Å²) in [6.07, 6.45) is 1.87. The third kappa shape index (κ3) is 2.47. The van der Waals surface area contributed by atoms with Crippen LogP contribution < -0.4 is 0 Å². The molecule has 0 aromatic carbocycles. The van der Waals surface area contributed by atoms with Crippen molar-refractivity contribution in [3.63, 3.8) is 0 Å². The number of rotatable bonds is 4. The Balaban J connectivity index is 2.30. The van der Waals surface area contributed by atoms with E-state index in [2.05, 4.69) is 13.8 Å². The summed E-state index contributed by atoms with van der Waals surface area (Å²) >= 11 is 1.29. The predicted molar refractivity (Wildman–Crippen MR) is 72.0 cm³/mol. The molecular formula is C12H19NO3S2. The smallest absolute Gasteiger partial charge is 0.244 e. The van der Waals surface area contributed by atoms with Crippen molar-refractivity contribution < 1.29 is 13.5 Å².